The lowest BCUT2D eigenvalue weighted by atomic mass is 9.99. The van der Waals surface area contributed by atoms with E-state index in [2.05, 4.69) is 59.8 Å². The molecule has 1 aromatic carbocycles. The fraction of sp³-hybridized carbons (Fsp3) is 0.444. The lowest BCUT2D eigenvalue weighted by Gasteiger charge is -2.37. The molecule has 2 aromatic rings. The number of anilines is 1. The van der Waals surface area contributed by atoms with Gasteiger partial charge in [0.15, 0.2) is 0 Å². The number of para-hydroxylation sites is 1. The molecule has 1 N–H and O–H groups in total. The van der Waals surface area contributed by atoms with Gasteiger partial charge in [-0.25, -0.2) is 0 Å². The molecule has 0 aliphatic carbocycles. The summed E-state index contributed by atoms with van der Waals surface area (Å²) in [7, 11) is 0. The molecule has 0 bridgehead atoms. The van der Waals surface area contributed by atoms with E-state index in [0.29, 0.717) is 6.04 Å². The summed E-state index contributed by atoms with van der Waals surface area (Å²) in [6.45, 7) is 7.71. The van der Waals surface area contributed by atoms with Gasteiger partial charge in [-0.15, -0.1) is 11.3 Å². The fourth-order valence-corrected chi connectivity index (χ4v) is 4.14. The summed E-state index contributed by atoms with van der Waals surface area (Å²) in [5.41, 5.74) is 4.32. The first-order valence-electron chi connectivity index (χ1n) is 7.92. The number of nitrogens with one attached hydrogen (secondary N) is 1. The van der Waals surface area contributed by atoms with E-state index in [1.807, 2.05) is 11.3 Å². The van der Waals surface area contributed by atoms with Crippen molar-refractivity contribution >= 4 is 17.0 Å². The van der Waals surface area contributed by atoms with Crippen LogP contribution in [0.5, 0.6) is 0 Å². The van der Waals surface area contributed by atoms with Crippen LogP contribution in [0.2, 0.25) is 0 Å². The summed E-state index contributed by atoms with van der Waals surface area (Å²) in [4.78, 5) is 4.14. The topological polar surface area (TPSA) is 15.3 Å². The summed E-state index contributed by atoms with van der Waals surface area (Å²) in [6.07, 6.45) is 2.36. The molecular weight excluding hydrogens is 276 g/mol. The van der Waals surface area contributed by atoms with Crippen LogP contribution in [0.3, 0.4) is 0 Å². The van der Waals surface area contributed by atoms with Gasteiger partial charge < -0.3 is 10.2 Å². The van der Waals surface area contributed by atoms with E-state index in [1.54, 1.807) is 4.88 Å². The highest BCUT2D eigenvalue weighted by Gasteiger charge is 2.25. The Balaban J connectivity index is 1.84. The van der Waals surface area contributed by atoms with Gasteiger partial charge in [0.2, 0.25) is 0 Å². The van der Waals surface area contributed by atoms with Crippen molar-refractivity contribution in [2.24, 2.45) is 0 Å². The van der Waals surface area contributed by atoms with Crippen LogP contribution in [0.1, 0.15) is 42.3 Å². The molecule has 1 aromatic heterocycles. The van der Waals surface area contributed by atoms with Gasteiger partial charge in [0.25, 0.3) is 0 Å². The van der Waals surface area contributed by atoms with Gasteiger partial charge in [-0.1, -0.05) is 25.1 Å². The maximum atomic E-state index is 3.54. The normalized spacial score (nSPS) is 17.8. The van der Waals surface area contributed by atoms with E-state index in [0.717, 1.165) is 19.6 Å². The van der Waals surface area contributed by atoms with Crippen molar-refractivity contribution in [3.8, 4) is 0 Å². The minimum absolute atomic E-state index is 0.479. The standard InChI is InChI=1S/C18H24N2S/c1-3-10-19-13-15-6-4-5-7-17(15)20-11-8-18-16(14(20)2)9-12-21-18/h4-7,9,12,14,19H,3,8,10-11,13H2,1-2H3. The predicted molar refractivity (Wildman–Crippen MR) is 92.2 cm³/mol. The Kier molecular flexibility index (Phi) is 4.61. The van der Waals surface area contributed by atoms with E-state index < -0.39 is 0 Å². The summed E-state index contributed by atoms with van der Waals surface area (Å²) < 4.78 is 0. The van der Waals surface area contributed by atoms with Crippen LogP contribution < -0.4 is 10.2 Å². The van der Waals surface area contributed by atoms with Gasteiger partial charge in [0.05, 0.1) is 6.04 Å². The molecule has 1 unspecified atom stereocenters. The van der Waals surface area contributed by atoms with Gasteiger partial charge in [0.1, 0.15) is 0 Å². The van der Waals surface area contributed by atoms with Gasteiger partial charge in [-0.2, -0.15) is 0 Å². The fourth-order valence-electron chi connectivity index (χ4n) is 3.18. The first-order chi connectivity index (χ1) is 10.3. The molecule has 0 radical (unpaired) electrons. The van der Waals surface area contributed by atoms with Crippen molar-refractivity contribution in [2.45, 2.75) is 39.3 Å². The molecule has 3 heteroatoms. The highest BCUT2D eigenvalue weighted by Crippen LogP contribution is 2.37. The summed E-state index contributed by atoms with van der Waals surface area (Å²) in [6, 6.07) is 11.6. The van der Waals surface area contributed by atoms with Gasteiger partial charge in [-0.05, 0) is 54.9 Å². The quantitative estimate of drug-likeness (QED) is 0.825. The molecule has 0 spiro atoms. The Morgan fingerprint density at radius 2 is 2.14 bits per heavy atom. The molecule has 112 valence electrons. The van der Waals surface area contributed by atoms with Gasteiger partial charge in [-0.3, -0.25) is 0 Å². The smallest absolute Gasteiger partial charge is 0.0525 e. The molecule has 0 fully saturated rings. The zero-order chi connectivity index (χ0) is 14.7. The maximum Gasteiger partial charge on any atom is 0.0525 e. The molecule has 1 aliphatic rings. The Morgan fingerprint density at radius 3 is 3.00 bits per heavy atom. The number of hydrogen-bond donors (Lipinski definition) is 1. The number of fused-ring (bicyclic) bond motifs is 1. The third-order valence-corrected chi connectivity index (χ3v) is 5.32. The predicted octanol–water partition coefficient (Wildman–Crippen LogP) is 4.37. The van der Waals surface area contributed by atoms with Crippen LogP contribution in [0.4, 0.5) is 5.69 Å². The van der Waals surface area contributed by atoms with Crippen LogP contribution in [-0.4, -0.2) is 13.1 Å². The lowest BCUT2D eigenvalue weighted by molar-refractivity contribution is 0.622. The van der Waals surface area contributed by atoms with Crippen LogP contribution in [0, 0.1) is 0 Å². The van der Waals surface area contributed by atoms with Crippen molar-refractivity contribution in [3.05, 3.63) is 51.7 Å². The van der Waals surface area contributed by atoms with E-state index in [-0.39, 0.29) is 0 Å². The molecule has 0 amide bonds. The van der Waals surface area contributed by atoms with Gasteiger partial charge >= 0.3 is 0 Å². The number of benzene rings is 1. The number of thiophene rings is 1. The number of hydrogen-bond acceptors (Lipinski definition) is 3. The minimum Gasteiger partial charge on any atom is -0.364 e. The first kappa shape index (κ1) is 14.6. The first-order valence-corrected chi connectivity index (χ1v) is 8.80. The van der Waals surface area contributed by atoms with Gasteiger partial charge in [0, 0.05) is 23.7 Å². The van der Waals surface area contributed by atoms with Crippen molar-refractivity contribution in [3.63, 3.8) is 0 Å². The van der Waals surface area contributed by atoms with E-state index in [1.165, 1.54) is 29.7 Å². The molecule has 1 atom stereocenters. The van der Waals surface area contributed by atoms with Crippen molar-refractivity contribution in [1.29, 1.82) is 0 Å². The second kappa shape index (κ2) is 6.63. The monoisotopic (exact) mass is 300 g/mol. The Labute approximate surface area is 131 Å². The maximum absolute atomic E-state index is 3.54. The van der Waals surface area contributed by atoms with Crippen molar-refractivity contribution in [2.75, 3.05) is 18.0 Å². The second-order valence-corrected chi connectivity index (χ2v) is 6.72. The third-order valence-electron chi connectivity index (χ3n) is 4.32. The summed E-state index contributed by atoms with van der Waals surface area (Å²) in [5, 5.41) is 5.77. The zero-order valence-corrected chi connectivity index (χ0v) is 13.7. The molecule has 0 saturated heterocycles. The molecule has 2 nitrogen and oxygen atoms in total. The molecule has 21 heavy (non-hydrogen) atoms. The number of nitrogens with zero attached hydrogens (tertiary/aromatic N) is 1. The SMILES string of the molecule is CCCNCc1ccccc1N1CCc2sccc2C1C. The largest absolute Gasteiger partial charge is 0.364 e. The van der Waals surface area contributed by atoms with Crippen LogP contribution >= 0.6 is 11.3 Å². The highest BCUT2D eigenvalue weighted by molar-refractivity contribution is 7.10. The van der Waals surface area contributed by atoms with E-state index >= 15 is 0 Å². The van der Waals surface area contributed by atoms with Crippen molar-refractivity contribution < 1.29 is 0 Å². The van der Waals surface area contributed by atoms with Crippen molar-refractivity contribution in [1.82, 2.24) is 5.32 Å². The molecule has 2 heterocycles. The highest BCUT2D eigenvalue weighted by atomic mass is 32.1. The van der Waals surface area contributed by atoms with Crippen LogP contribution in [-0.2, 0) is 13.0 Å². The second-order valence-electron chi connectivity index (χ2n) is 5.72. The molecule has 1 aliphatic heterocycles. The van der Waals surface area contributed by atoms with Crippen LogP contribution in [0.15, 0.2) is 35.7 Å². The average Bonchev–Trinajstić information content (AvgIpc) is 2.98. The third kappa shape index (κ3) is 2.99. The Morgan fingerprint density at radius 1 is 1.29 bits per heavy atom. The molecular formula is C18H24N2S. The molecule has 0 saturated carbocycles. The number of rotatable bonds is 5. The lowest BCUT2D eigenvalue weighted by Crippen LogP contribution is -2.34. The zero-order valence-electron chi connectivity index (χ0n) is 12.9. The minimum atomic E-state index is 0.479. The van der Waals surface area contributed by atoms with Crippen LogP contribution in [0.25, 0.3) is 0 Å². The summed E-state index contributed by atoms with van der Waals surface area (Å²) in [5.74, 6) is 0. The average molecular weight is 300 g/mol. The van der Waals surface area contributed by atoms with E-state index in [4.69, 9.17) is 0 Å². The Hall–Kier alpha value is -1.32. The summed E-state index contributed by atoms with van der Waals surface area (Å²) >= 11 is 1.91. The molecule has 3 rings (SSSR count). The Bertz CT molecular complexity index is 590. The van der Waals surface area contributed by atoms with E-state index in [9.17, 15) is 0 Å².